The van der Waals surface area contributed by atoms with Gasteiger partial charge in [-0.05, 0) is 82.9 Å². The molecule has 46 heavy (non-hydrogen) atoms. The minimum absolute atomic E-state index is 0.682. The maximum atomic E-state index is 9.62. The number of hydrogen-bond donors (Lipinski definition) is 0. The molecular weight excluding hydrogens is 558 g/mol. The minimum atomic E-state index is 0.682. The van der Waals surface area contributed by atoms with Gasteiger partial charge < -0.3 is 9.13 Å². The van der Waals surface area contributed by atoms with Crippen LogP contribution in [-0.4, -0.2) is 9.13 Å². The Morgan fingerprint density at radius 1 is 0.370 bits per heavy atom. The van der Waals surface area contributed by atoms with Crippen molar-refractivity contribution in [3.8, 4) is 39.7 Å². The molecule has 3 heteroatoms. The van der Waals surface area contributed by atoms with Crippen molar-refractivity contribution in [3.63, 3.8) is 0 Å². The summed E-state index contributed by atoms with van der Waals surface area (Å²) in [5, 5.41) is 14.6. The first-order valence-electron chi connectivity index (χ1n) is 15.5. The predicted molar refractivity (Wildman–Crippen MR) is 191 cm³/mol. The van der Waals surface area contributed by atoms with Crippen molar-refractivity contribution in [1.29, 1.82) is 5.26 Å². The molecule has 0 spiro atoms. The fourth-order valence-electron chi connectivity index (χ4n) is 7.06. The van der Waals surface area contributed by atoms with Crippen LogP contribution in [0.15, 0.2) is 164 Å². The molecule has 0 radical (unpaired) electrons. The molecule has 2 heterocycles. The summed E-state index contributed by atoms with van der Waals surface area (Å²) >= 11 is 0. The molecule has 0 saturated carbocycles. The Morgan fingerprint density at radius 2 is 0.891 bits per heavy atom. The molecular formula is C43H27N3. The van der Waals surface area contributed by atoms with E-state index in [4.69, 9.17) is 0 Å². The number of fused-ring (bicyclic) bond motifs is 6. The van der Waals surface area contributed by atoms with Crippen LogP contribution < -0.4 is 0 Å². The molecule has 7 aromatic carbocycles. The zero-order chi connectivity index (χ0) is 30.6. The number of para-hydroxylation sites is 3. The van der Waals surface area contributed by atoms with Crippen LogP contribution in [-0.2, 0) is 0 Å². The van der Waals surface area contributed by atoms with Crippen LogP contribution in [0.3, 0.4) is 0 Å². The highest BCUT2D eigenvalue weighted by Gasteiger charge is 2.16. The van der Waals surface area contributed by atoms with E-state index in [2.05, 4.69) is 155 Å². The summed E-state index contributed by atoms with van der Waals surface area (Å²) in [4.78, 5) is 0. The van der Waals surface area contributed by atoms with Crippen molar-refractivity contribution in [3.05, 3.63) is 169 Å². The summed E-state index contributed by atoms with van der Waals surface area (Å²) in [7, 11) is 0. The second-order valence-corrected chi connectivity index (χ2v) is 11.7. The lowest BCUT2D eigenvalue weighted by Gasteiger charge is -2.11. The maximum absolute atomic E-state index is 9.62. The molecule has 0 amide bonds. The monoisotopic (exact) mass is 585 g/mol. The number of nitrogens with zero attached hydrogens (tertiary/aromatic N) is 3. The molecule has 0 aliphatic rings. The average molecular weight is 586 g/mol. The largest absolute Gasteiger partial charge is 0.309 e. The quantitative estimate of drug-likeness (QED) is 0.202. The zero-order valence-corrected chi connectivity index (χ0v) is 24.9. The van der Waals surface area contributed by atoms with Crippen LogP contribution >= 0.6 is 0 Å². The Kier molecular flexibility index (Phi) is 5.88. The highest BCUT2D eigenvalue weighted by molar-refractivity contribution is 6.12. The van der Waals surface area contributed by atoms with Gasteiger partial charge in [-0.1, -0.05) is 103 Å². The topological polar surface area (TPSA) is 33.6 Å². The molecule has 0 fully saturated rings. The predicted octanol–water partition coefficient (Wildman–Crippen LogP) is 11.1. The number of aromatic nitrogens is 2. The van der Waals surface area contributed by atoms with Crippen molar-refractivity contribution in [2.45, 2.75) is 0 Å². The van der Waals surface area contributed by atoms with Gasteiger partial charge in [-0.2, -0.15) is 5.26 Å². The van der Waals surface area contributed by atoms with E-state index in [1.165, 1.54) is 49.2 Å². The molecule has 0 unspecified atom stereocenters. The van der Waals surface area contributed by atoms with Crippen LogP contribution in [0, 0.1) is 11.3 Å². The fourth-order valence-corrected chi connectivity index (χ4v) is 7.06. The highest BCUT2D eigenvalue weighted by Crippen LogP contribution is 2.38. The third-order valence-electron chi connectivity index (χ3n) is 9.18. The minimum Gasteiger partial charge on any atom is -0.309 e. The van der Waals surface area contributed by atoms with Gasteiger partial charge in [0.2, 0.25) is 0 Å². The molecule has 0 bridgehead atoms. The summed E-state index contributed by atoms with van der Waals surface area (Å²) in [6.07, 6.45) is 0. The molecule has 9 rings (SSSR count). The van der Waals surface area contributed by atoms with Crippen molar-refractivity contribution in [2.75, 3.05) is 0 Å². The van der Waals surface area contributed by atoms with E-state index < -0.39 is 0 Å². The van der Waals surface area contributed by atoms with Gasteiger partial charge in [-0.25, -0.2) is 0 Å². The summed E-state index contributed by atoms with van der Waals surface area (Å²) in [5.41, 5.74) is 12.0. The number of nitriles is 1. The Labute approximate surface area is 266 Å². The first-order chi connectivity index (χ1) is 22.8. The van der Waals surface area contributed by atoms with Crippen LogP contribution in [0.25, 0.3) is 77.2 Å². The van der Waals surface area contributed by atoms with Gasteiger partial charge in [0.25, 0.3) is 0 Å². The van der Waals surface area contributed by atoms with Gasteiger partial charge in [0.1, 0.15) is 0 Å². The van der Waals surface area contributed by atoms with Gasteiger partial charge in [-0.15, -0.1) is 0 Å². The first kappa shape index (κ1) is 26.1. The zero-order valence-electron chi connectivity index (χ0n) is 24.9. The van der Waals surface area contributed by atoms with Crippen molar-refractivity contribution in [2.24, 2.45) is 0 Å². The maximum Gasteiger partial charge on any atom is 0.0998 e. The average Bonchev–Trinajstić information content (AvgIpc) is 3.64. The van der Waals surface area contributed by atoms with Crippen LogP contribution in [0.1, 0.15) is 5.56 Å². The van der Waals surface area contributed by atoms with Gasteiger partial charge >= 0.3 is 0 Å². The Hall–Kier alpha value is -6.37. The second-order valence-electron chi connectivity index (χ2n) is 11.7. The Morgan fingerprint density at radius 3 is 1.65 bits per heavy atom. The normalized spacial score (nSPS) is 11.5. The lowest BCUT2D eigenvalue weighted by molar-refractivity contribution is 1.18. The third kappa shape index (κ3) is 3.98. The van der Waals surface area contributed by atoms with Gasteiger partial charge in [0, 0.05) is 32.9 Å². The van der Waals surface area contributed by atoms with Gasteiger partial charge in [-0.3, -0.25) is 0 Å². The van der Waals surface area contributed by atoms with E-state index in [0.29, 0.717) is 5.56 Å². The van der Waals surface area contributed by atoms with E-state index in [1.807, 2.05) is 24.3 Å². The van der Waals surface area contributed by atoms with Gasteiger partial charge in [0.15, 0.2) is 0 Å². The van der Waals surface area contributed by atoms with Crippen LogP contribution in [0.5, 0.6) is 0 Å². The summed E-state index contributed by atoms with van der Waals surface area (Å²) in [6.45, 7) is 0. The molecule has 0 aliphatic carbocycles. The van der Waals surface area contributed by atoms with Crippen molar-refractivity contribution in [1.82, 2.24) is 9.13 Å². The molecule has 2 aromatic heterocycles. The van der Waals surface area contributed by atoms with E-state index >= 15 is 0 Å². The molecule has 214 valence electrons. The van der Waals surface area contributed by atoms with Crippen LogP contribution in [0.4, 0.5) is 0 Å². The lowest BCUT2D eigenvalue weighted by Crippen LogP contribution is -1.94. The fraction of sp³-hybridized carbons (Fsp3) is 0. The van der Waals surface area contributed by atoms with E-state index in [9.17, 15) is 5.26 Å². The first-order valence-corrected chi connectivity index (χ1v) is 15.5. The molecule has 3 nitrogen and oxygen atoms in total. The van der Waals surface area contributed by atoms with Crippen LogP contribution in [0.2, 0.25) is 0 Å². The standard InChI is InChI=1S/C43H27N3/c44-28-32-10-4-5-13-35(32)29-18-22-34(23-19-29)45-41-17-9-7-15-37(41)39-26-30(21-25-42(39)45)31-20-24-38-36-14-6-8-16-40(36)46(43(38)27-31)33-11-2-1-3-12-33/h1-27H. The van der Waals surface area contributed by atoms with Crippen molar-refractivity contribution < 1.29 is 0 Å². The Balaban J connectivity index is 1.20. The second kappa shape index (κ2) is 10.4. The summed E-state index contributed by atoms with van der Waals surface area (Å²) in [5.74, 6) is 0. The van der Waals surface area contributed by atoms with Crippen molar-refractivity contribution >= 4 is 43.6 Å². The molecule has 0 aliphatic heterocycles. The highest BCUT2D eigenvalue weighted by atomic mass is 15.0. The molecule has 0 N–H and O–H groups in total. The van der Waals surface area contributed by atoms with Gasteiger partial charge in [0.05, 0.1) is 33.7 Å². The summed E-state index contributed by atoms with van der Waals surface area (Å²) in [6, 6.07) is 60.2. The molecule has 0 saturated heterocycles. The molecule has 0 atom stereocenters. The lowest BCUT2D eigenvalue weighted by atomic mass is 10.00. The SMILES string of the molecule is N#Cc1ccccc1-c1ccc(-n2c3ccccc3c3cc(-c4ccc5c6ccccc6n(-c6ccccc6)c5c4)ccc32)cc1. The Bertz CT molecular complexity index is 2630. The summed E-state index contributed by atoms with van der Waals surface area (Å²) < 4.78 is 4.71. The number of benzene rings is 7. The van der Waals surface area contributed by atoms with E-state index in [1.54, 1.807) is 0 Å². The van der Waals surface area contributed by atoms with E-state index in [0.717, 1.165) is 28.0 Å². The smallest absolute Gasteiger partial charge is 0.0998 e. The third-order valence-corrected chi connectivity index (χ3v) is 9.18. The number of rotatable bonds is 4. The number of hydrogen-bond acceptors (Lipinski definition) is 1. The van der Waals surface area contributed by atoms with E-state index in [-0.39, 0.29) is 0 Å². The molecule has 9 aromatic rings.